The zero-order valence-corrected chi connectivity index (χ0v) is 52.2. The number of carbonyl (C=O) groups is 1. The van der Waals surface area contributed by atoms with Crippen LogP contribution in [0.1, 0.15) is 239 Å². The maximum Gasteiger partial charge on any atom is 0.268 e. The molecular weight excluding hydrogens is 996 g/mol. The van der Waals surface area contributed by atoms with Gasteiger partial charge in [-0.15, -0.1) is 0 Å². The smallest absolute Gasteiger partial charge is 0.268 e. The minimum atomic E-state index is -4.62. The Morgan fingerprint density at radius 3 is 1.18 bits per heavy atom. The fourth-order valence-electron chi connectivity index (χ4n) is 8.37. The predicted octanol–water partition coefficient (Wildman–Crippen LogP) is 19.4. The van der Waals surface area contributed by atoms with Crippen molar-refractivity contribution in [2.24, 2.45) is 0 Å². The lowest BCUT2D eigenvalue weighted by Gasteiger charge is -2.29. The number of allylic oxidation sites excluding steroid dienone is 23. The van der Waals surface area contributed by atoms with E-state index >= 15 is 0 Å². The van der Waals surface area contributed by atoms with Crippen LogP contribution in [0.4, 0.5) is 0 Å². The van der Waals surface area contributed by atoms with Crippen LogP contribution in [0.25, 0.3) is 0 Å². The molecule has 1 amide bonds. The van der Waals surface area contributed by atoms with E-state index in [4.69, 9.17) is 9.05 Å². The molecule has 3 atom stereocenters. The van der Waals surface area contributed by atoms with Crippen molar-refractivity contribution < 1.29 is 32.9 Å². The molecule has 0 aliphatic rings. The van der Waals surface area contributed by atoms with E-state index in [1.54, 1.807) is 6.08 Å². The average molecular weight is 1120 g/mol. The Balaban J connectivity index is 4.13. The van der Waals surface area contributed by atoms with Crippen molar-refractivity contribution in [3.8, 4) is 0 Å². The van der Waals surface area contributed by atoms with Gasteiger partial charge in [0.2, 0.25) is 5.91 Å². The zero-order valence-electron chi connectivity index (χ0n) is 51.3. The van der Waals surface area contributed by atoms with Crippen molar-refractivity contribution >= 4 is 13.7 Å². The summed E-state index contributed by atoms with van der Waals surface area (Å²) in [4.78, 5) is 25.5. The molecule has 9 heteroatoms. The summed E-state index contributed by atoms with van der Waals surface area (Å²) in [5, 5.41) is 13.9. The number of amides is 1. The molecule has 0 bridgehead atoms. The van der Waals surface area contributed by atoms with Crippen molar-refractivity contribution in [1.29, 1.82) is 0 Å². The largest absolute Gasteiger partial charge is 0.756 e. The molecule has 0 spiro atoms. The molecule has 0 aliphatic carbocycles. The standard InChI is InChI=1S/C70H119N2O6P/c1-6-8-10-12-14-16-18-20-22-24-25-26-27-28-29-30-31-32-33-34-35-36-37-38-39-40-41-42-43-44-45-46-47-48-50-52-54-56-58-60-62-64-70(74)71-68(67-78-79(75,76)77-66-65-72(3,4)5)69(73)63-61-59-57-55-53-51-49-23-21-19-17-15-13-11-9-7-2/h8,10,14,16,20,22,25-26,28-29,31-32,34-35,37-38,40-41,43-44,53,55,61,63,68-69,73H,6-7,9,11-13,15,17-19,21,23-24,27,30,33,36,39,42,45-52,54,56-60,62,64-67H2,1-5H3,(H-,71,74,75,76)/b10-8-,16-14-,22-20-,26-25-,29-28-,32-31-,35-34-,38-37-,41-40-,44-43-,55-53+,63-61+. The normalized spacial score (nSPS) is 14.8. The highest BCUT2D eigenvalue weighted by Crippen LogP contribution is 2.38. The summed E-state index contributed by atoms with van der Waals surface area (Å²) in [6.45, 7) is 4.50. The monoisotopic (exact) mass is 1110 g/mol. The molecule has 0 aromatic rings. The summed E-state index contributed by atoms with van der Waals surface area (Å²) in [5.74, 6) is -0.217. The predicted molar refractivity (Wildman–Crippen MR) is 343 cm³/mol. The zero-order chi connectivity index (χ0) is 57.7. The Labute approximate surface area is 487 Å². The molecule has 8 nitrogen and oxygen atoms in total. The van der Waals surface area contributed by atoms with E-state index in [2.05, 4.69) is 153 Å². The highest BCUT2D eigenvalue weighted by atomic mass is 31.2. The minimum Gasteiger partial charge on any atom is -0.756 e. The minimum absolute atomic E-state index is 0.0137. The van der Waals surface area contributed by atoms with Crippen LogP contribution in [-0.4, -0.2) is 68.5 Å². The quantitative estimate of drug-likeness (QED) is 0.0272. The fourth-order valence-corrected chi connectivity index (χ4v) is 9.10. The third-order valence-electron chi connectivity index (χ3n) is 13.3. The number of likely N-dealkylation sites (N-methyl/N-ethyl adjacent to an activating group) is 1. The first kappa shape index (κ1) is 75.4. The molecule has 0 aromatic heterocycles. The Morgan fingerprint density at radius 2 is 0.785 bits per heavy atom. The molecule has 0 radical (unpaired) electrons. The SMILES string of the molecule is CC/C=C\C/C=C\C/C=C\C/C=C\C/C=C\C/C=C\C/C=C\C/C=C\C/C=C\C/C=C\CCCCCCCCCCCCC(=O)NC(COP(=O)([O-])OCC[N+](C)(C)C)C(O)/C=C/CC/C=C/CCCCCCCCCCCC. The second-order valence-corrected chi connectivity index (χ2v) is 23.4. The van der Waals surface area contributed by atoms with Gasteiger partial charge in [0.1, 0.15) is 13.2 Å². The second-order valence-electron chi connectivity index (χ2n) is 22.0. The van der Waals surface area contributed by atoms with Gasteiger partial charge in [-0.1, -0.05) is 269 Å². The number of phosphoric acid groups is 1. The van der Waals surface area contributed by atoms with Gasteiger partial charge in [-0.3, -0.25) is 9.36 Å². The lowest BCUT2D eigenvalue weighted by Crippen LogP contribution is -2.45. The summed E-state index contributed by atoms with van der Waals surface area (Å²) in [7, 11) is 1.22. The van der Waals surface area contributed by atoms with Crippen molar-refractivity contribution in [1.82, 2.24) is 5.32 Å². The number of aliphatic hydroxyl groups is 1. The topological polar surface area (TPSA) is 108 Å². The molecular formula is C70H119N2O6P. The Bertz CT molecular complexity index is 1790. The van der Waals surface area contributed by atoms with Crippen LogP contribution in [0.15, 0.2) is 146 Å². The van der Waals surface area contributed by atoms with E-state index in [0.717, 1.165) is 116 Å². The third kappa shape index (κ3) is 61.8. The number of quaternary nitrogens is 1. The van der Waals surface area contributed by atoms with Crippen LogP contribution >= 0.6 is 7.82 Å². The Hall–Kier alpha value is -3.62. The molecule has 0 rings (SSSR count). The lowest BCUT2D eigenvalue weighted by molar-refractivity contribution is -0.870. The molecule has 79 heavy (non-hydrogen) atoms. The number of hydrogen-bond acceptors (Lipinski definition) is 6. The molecule has 0 saturated heterocycles. The number of unbranched alkanes of at least 4 members (excludes halogenated alkanes) is 21. The molecule has 0 heterocycles. The van der Waals surface area contributed by atoms with Crippen LogP contribution in [0.3, 0.4) is 0 Å². The van der Waals surface area contributed by atoms with E-state index in [-0.39, 0.29) is 12.5 Å². The third-order valence-corrected chi connectivity index (χ3v) is 14.2. The highest BCUT2D eigenvalue weighted by molar-refractivity contribution is 7.45. The number of phosphoric ester groups is 1. The molecule has 2 N–H and O–H groups in total. The summed E-state index contributed by atoms with van der Waals surface area (Å²) in [6.07, 6.45) is 90.9. The van der Waals surface area contributed by atoms with Gasteiger partial charge in [0.05, 0.1) is 39.9 Å². The molecule has 0 saturated carbocycles. The molecule has 450 valence electrons. The van der Waals surface area contributed by atoms with Gasteiger partial charge in [0.25, 0.3) is 7.82 Å². The number of nitrogens with zero attached hydrogens (tertiary/aromatic N) is 1. The number of nitrogens with one attached hydrogen (secondary N) is 1. The van der Waals surface area contributed by atoms with Crippen LogP contribution in [0.5, 0.6) is 0 Å². The number of aliphatic hydroxyl groups excluding tert-OH is 1. The van der Waals surface area contributed by atoms with E-state index in [1.807, 2.05) is 27.2 Å². The summed E-state index contributed by atoms with van der Waals surface area (Å²) < 4.78 is 23.3. The maximum absolute atomic E-state index is 13.0. The second kappa shape index (κ2) is 59.0. The molecule has 0 fully saturated rings. The summed E-state index contributed by atoms with van der Waals surface area (Å²) in [6, 6.07) is -0.915. The van der Waals surface area contributed by atoms with Gasteiger partial charge in [-0.25, -0.2) is 0 Å². The van der Waals surface area contributed by atoms with Crippen molar-refractivity contribution in [3.63, 3.8) is 0 Å². The van der Waals surface area contributed by atoms with Crippen molar-refractivity contribution in [2.75, 3.05) is 40.9 Å². The van der Waals surface area contributed by atoms with Gasteiger partial charge >= 0.3 is 0 Å². The summed E-state index contributed by atoms with van der Waals surface area (Å²) >= 11 is 0. The van der Waals surface area contributed by atoms with Crippen LogP contribution < -0.4 is 10.2 Å². The lowest BCUT2D eigenvalue weighted by atomic mass is 10.0. The van der Waals surface area contributed by atoms with E-state index < -0.39 is 26.6 Å². The first-order valence-corrected chi connectivity index (χ1v) is 33.2. The fraction of sp³-hybridized carbons (Fsp3) is 0.643. The van der Waals surface area contributed by atoms with E-state index in [9.17, 15) is 19.4 Å². The first-order valence-electron chi connectivity index (χ1n) is 31.7. The van der Waals surface area contributed by atoms with E-state index in [1.165, 1.54) is 103 Å². The van der Waals surface area contributed by atoms with Crippen LogP contribution in [0.2, 0.25) is 0 Å². The average Bonchev–Trinajstić information content (AvgIpc) is 3.42. The Morgan fingerprint density at radius 1 is 0.456 bits per heavy atom. The Kier molecular flexibility index (Phi) is 56.3. The van der Waals surface area contributed by atoms with Crippen LogP contribution in [-0.2, 0) is 18.4 Å². The van der Waals surface area contributed by atoms with Crippen molar-refractivity contribution in [2.45, 2.75) is 251 Å². The van der Waals surface area contributed by atoms with Gasteiger partial charge in [0.15, 0.2) is 0 Å². The van der Waals surface area contributed by atoms with E-state index in [0.29, 0.717) is 17.4 Å². The van der Waals surface area contributed by atoms with Crippen molar-refractivity contribution in [3.05, 3.63) is 146 Å². The van der Waals surface area contributed by atoms with Gasteiger partial charge < -0.3 is 28.8 Å². The van der Waals surface area contributed by atoms with Gasteiger partial charge in [-0.05, 0) is 109 Å². The van der Waals surface area contributed by atoms with Gasteiger partial charge in [0, 0.05) is 6.42 Å². The molecule has 3 unspecified atom stereocenters. The maximum atomic E-state index is 13.0. The highest BCUT2D eigenvalue weighted by Gasteiger charge is 2.23. The molecule has 0 aromatic carbocycles. The first-order chi connectivity index (χ1) is 38.5. The summed E-state index contributed by atoms with van der Waals surface area (Å²) in [5.41, 5.74) is 0. The van der Waals surface area contributed by atoms with Crippen LogP contribution in [0, 0.1) is 0 Å². The number of carbonyl (C=O) groups excluding carboxylic acids is 1. The number of rotatable bonds is 56. The number of hydrogen-bond donors (Lipinski definition) is 2. The van der Waals surface area contributed by atoms with Gasteiger partial charge in [-0.2, -0.15) is 0 Å². The molecule has 0 aliphatic heterocycles.